The minimum Gasteiger partial charge on any atom is -0.393 e. The van der Waals surface area contributed by atoms with Crippen molar-refractivity contribution in [3.8, 4) is 0 Å². The molecule has 168 valence electrons. The zero-order valence-corrected chi connectivity index (χ0v) is 18.8. The highest BCUT2D eigenvalue weighted by molar-refractivity contribution is 5.28. The van der Waals surface area contributed by atoms with Crippen molar-refractivity contribution in [1.29, 1.82) is 0 Å². The smallest absolute Gasteiger partial charge is 0.172 e. The molecule has 0 aromatic rings. The van der Waals surface area contributed by atoms with Crippen LogP contribution in [0.15, 0.2) is 11.6 Å². The maximum Gasteiger partial charge on any atom is 0.172 e. The second-order valence-corrected chi connectivity index (χ2v) is 11.6. The van der Waals surface area contributed by atoms with Crippen molar-refractivity contribution in [2.24, 2.45) is 34.5 Å². The molecule has 0 aromatic heterocycles. The maximum atomic E-state index is 11.7. The average molecular weight is 419 g/mol. The fraction of sp³-hybridized carbons (Fsp3) is 0.920. The van der Waals surface area contributed by atoms with Gasteiger partial charge in [-0.1, -0.05) is 25.5 Å². The first kappa shape index (κ1) is 20.2. The highest BCUT2D eigenvalue weighted by Gasteiger charge is 2.65. The molecule has 1 unspecified atom stereocenters. The first-order chi connectivity index (χ1) is 14.3. The molecule has 5 nitrogen and oxygen atoms in total. The van der Waals surface area contributed by atoms with Crippen LogP contribution < -0.4 is 0 Å². The SMILES string of the molecule is CC1(C2CC[C@H]3[C@@H]4CC=C5CC6(CC[C@]5(C)[C@H]4[C@@H](O)C[C@]23C)OCCO6)OCCO1. The molecule has 0 radical (unpaired) electrons. The highest BCUT2D eigenvalue weighted by atomic mass is 16.7. The standard InChI is InChI=1S/C25H38O5/c1-22-8-9-25(29-12-13-30-25)14-16(22)4-5-17-18-6-7-20(24(3)27-10-11-28-24)23(18,2)15-19(26)21(17)22/h4,17-21,26H,5-15H2,1-3H3/t17-,18-,19-,20?,21+,22-,23-/m0/s1. The number of rotatable bonds is 1. The Kier molecular flexibility index (Phi) is 4.40. The quantitative estimate of drug-likeness (QED) is 0.651. The summed E-state index contributed by atoms with van der Waals surface area (Å²) in [4.78, 5) is 0. The summed E-state index contributed by atoms with van der Waals surface area (Å²) in [5.74, 6) is 1.00. The second-order valence-electron chi connectivity index (χ2n) is 11.6. The summed E-state index contributed by atoms with van der Waals surface area (Å²) in [6.45, 7) is 9.78. The molecular weight excluding hydrogens is 380 g/mol. The van der Waals surface area contributed by atoms with Crippen molar-refractivity contribution in [2.75, 3.05) is 26.4 Å². The van der Waals surface area contributed by atoms with E-state index in [2.05, 4.69) is 26.8 Å². The molecule has 6 aliphatic rings. The number of aliphatic hydroxyl groups excluding tert-OH is 1. The van der Waals surface area contributed by atoms with Gasteiger partial charge in [-0.05, 0) is 67.6 Å². The summed E-state index contributed by atoms with van der Waals surface area (Å²) in [5, 5.41) is 11.7. The van der Waals surface area contributed by atoms with Crippen LogP contribution in [0.4, 0.5) is 0 Å². The van der Waals surface area contributed by atoms with E-state index in [0.29, 0.717) is 50.1 Å². The molecule has 5 heteroatoms. The average Bonchev–Trinajstić information content (AvgIpc) is 3.41. The summed E-state index contributed by atoms with van der Waals surface area (Å²) in [7, 11) is 0. The van der Waals surface area contributed by atoms with Gasteiger partial charge in [-0.3, -0.25) is 0 Å². The lowest BCUT2D eigenvalue weighted by Gasteiger charge is -2.61. The van der Waals surface area contributed by atoms with Gasteiger partial charge in [0.05, 0.1) is 32.5 Å². The Bertz CT molecular complexity index is 736. The van der Waals surface area contributed by atoms with Crippen molar-refractivity contribution >= 4 is 0 Å². The lowest BCUT2D eigenvalue weighted by atomic mass is 9.46. The van der Waals surface area contributed by atoms with Crippen molar-refractivity contribution < 1.29 is 24.1 Å². The van der Waals surface area contributed by atoms with E-state index in [1.54, 1.807) is 0 Å². The largest absolute Gasteiger partial charge is 0.393 e. The Morgan fingerprint density at radius 2 is 1.63 bits per heavy atom. The first-order valence-corrected chi connectivity index (χ1v) is 12.2. The lowest BCUT2D eigenvalue weighted by Crippen LogP contribution is -2.59. The van der Waals surface area contributed by atoms with Crippen LogP contribution in [0.5, 0.6) is 0 Å². The summed E-state index contributed by atoms with van der Waals surface area (Å²) < 4.78 is 24.4. The zero-order chi connectivity index (χ0) is 20.8. The van der Waals surface area contributed by atoms with Crippen LogP contribution in [-0.4, -0.2) is 49.2 Å². The lowest BCUT2D eigenvalue weighted by molar-refractivity contribution is -0.227. The molecule has 0 bridgehead atoms. The number of fused-ring (bicyclic) bond motifs is 5. The van der Waals surface area contributed by atoms with Gasteiger partial charge in [0.2, 0.25) is 0 Å². The normalized spacial score (nSPS) is 51.3. The van der Waals surface area contributed by atoms with E-state index in [0.717, 1.165) is 38.5 Å². The predicted molar refractivity (Wildman–Crippen MR) is 112 cm³/mol. The molecule has 0 aromatic carbocycles. The topological polar surface area (TPSA) is 57.2 Å². The van der Waals surface area contributed by atoms with Crippen LogP contribution in [0.2, 0.25) is 0 Å². The molecule has 30 heavy (non-hydrogen) atoms. The van der Waals surface area contributed by atoms with Crippen LogP contribution in [0.1, 0.15) is 65.7 Å². The van der Waals surface area contributed by atoms with Gasteiger partial charge in [-0.2, -0.15) is 0 Å². The van der Waals surface area contributed by atoms with E-state index in [9.17, 15) is 5.11 Å². The third kappa shape index (κ3) is 2.59. The molecule has 6 rings (SSSR count). The number of allylic oxidation sites excluding steroid dienone is 1. The Morgan fingerprint density at radius 1 is 0.933 bits per heavy atom. The number of hydrogen-bond donors (Lipinski definition) is 1. The van der Waals surface area contributed by atoms with Gasteiger partial charge in [0.15, 0.2) is 11.6 Å². The minimum absolute atomic E-state index is 0.0621. The van der Waals surface area contributed by atoms with E-state index in [1.807, 2.05) is 0 Å². The maximum absolute atomic E-state index is 11.7. The van der Waals surface area contributed by atoms with E-state index >= 15 is 0 Å². The van der Waals surface area contributed by atoms with Crippen LogP contribution in [0.25, 0.3) is 0 Å². The number of ether oxygens (including phenoxy) is 4. The van der Waals surface area contributed by atoms with Crippen molar-refractivity contribution in [2.45, 2.75) is 83.4 Å². The second kappa shape index (κ2) is 6.54. The molecule has 4 aliphatic carbocycles. The summed E-state index contributed by atoms with van der Waals surface area (Å²) in [6.07, 6.45) is 9.43. The van der Waals surface area contributed by atoms with Gasteiger partial charge in [-0.25, -0.2) is 0 Å². The zero-order valence-electron chi connectivity index (χ0n) is 18.8. The van der Waals surface area contributed by atoms with E-state index in [1.165, 1.54) is 12.0 Å². The van der Waals surface area contributed by atoms with Gasteiger partial charge in [0.1, 0.15) is 0 Å². The molecule has 2 saturated heterocycles. The van der Waals surface area contributed by atoms with Crippen LogP contribution in [0.3, 0.4) is 0 Å². The van der Waals surface area contributed by atoms with E-state index in [-0.39, 0.29) is 16.9 Å². The van der Waals surface area contributed by atoms with E-state index < -0.39 is 11.6 Å². The third-order valence-electron chi connectivity index (χ3n) is 10.3. The molecule has 3 saturated carbocycles. The third-order valence-corrected chi connectivity index (χ3v) is 10.3. The van der Waals surface area contributed by atoms with Crippen molar-refractivity contribution in [1.82, 2.24) is 0 Å². The summed E-state index contributed by atoms with van der Waals surface area (Å²) in [5.41, 5.74) is 1.62. The Hall–Kier alpha value is -0.460. The van der Waals surface area contributed by atoms with Gasteiger partial charge < -0.3 is 24.1 Å². The van der Waals surface area contributed by atoms with E-state index in [4.69, 9.17) is 18.9 Å². The number of aliphatic hydroxyl groups is 1. The molecule has 1 spiro atoms. The monoisotopic (exact) mass is 418 g/mol. The molecule has 2 aliphatic heterocycles. The fourth-order valence-corrected chi connectivity index (χ4v) is 9.07. The van der Waals surface area contributed by atoms with Crippen LogP contribution in [0, 0.1) is 34.5 Å². The number of hydrogen-bond acceptors (Lipinski definition) is 5. The van der Waals surface area contributed by atoms with Crippen LogP contribution in [-0.2, 0) is 18.9 Å². The molecule has 7 atom stereocenters. The molecular formula is C25H38O5. The predicted octanol–water partition coefficient (Wildman–Crippen LogP) is 4.04. The molecule has 1 N–H and O–H groups in total. The van der Waals surface area contributed by atoms with Gasteiger partial charge >= 0.3 is 0 Å². The summed E-state index contributed by atoms with van der Waals surface area (Å²) >= 11 is 0. The van der Waals surface area contributed by atoms with Gasteiger partial charge in [-0.15, -0.1) is 0 Å². The van der Waals surface area contributed by atoms with Crippen molar-refractivity contribution in [3.63, 3.8) is 0 Å². The highest BCUT2D eigenvalue weighted by Crippen LogP contribution is 2.68. The van der Waals surface area contributed by atoms with Crippen molar-refractivity contribution in [3.05, 3.63) is 11.6 Å². The van der Waals surface area contributed by atoms with Crippen LogP contribution >= 0.6 is 0 Å². The Labute approximate surface area is 180 Å². The Balaban J connectivity index is 1.32. The minimum atomic E-state index is -0.482. The fourth-order valence-electron chi connectivity index (χ4n) is 9.07. The first-order valence-electron chi connectivity index (χ1n) is 12.2. The summed E-state index contributed by atoms with van der Waals surface area (Å²) in [6, 6.07) is 0. The molecule has 5 fully saturated rings. The van der Waals surface area contributed by atoms with Gasteiger partial charge in [0.25, 0.3) is 0 Å². The van der Waals surface area contributed by atoms with Gasteiger partial charge in [0, 0.05) is 18.8 Å². The Morgan fingerprint density at radius 3 is 2.37 bits per heavy atom. The molecule has 2 heterocycles. The molecule has 0 amide bonds.